The summed E-state index contributed by atoms with van der Waals surface area (Å²) in [6.45, 7) is 4.20. The number of nitrogens with two attached hydrogens (primary N) is 1. The lowest BCUT2D eigenvalue weighted by atomic mass is 9.96. The van der Waals surface area contributed by atoms with Gasteiger partial charge in [-0.05, 0) is 26.3 Å². The van der Waals surface area contributed by atoms with Crippen LogP contribution in [0.2, 0.25) is 0 Å². The molecule has 1 rings (SSSR count). The third kappa shape index (κ3) is 3.03. The molecule has 0 fully saturated rings. The molecule has 92 valence electrons. The first-order valence-corrected chi connectivity index (χ1v) is 6.64. The van der Waals surface area contributed by atoms with E-state index in [-0.39, 0.29) is 5.03 Å². The van der Waals surface area contributed by atoms with Crippen LogP contribution in [0, 0.1) is 0 Å². The van der Waals surface area contributed by atoms with Crippen LogP contribution in [0.25, 0.3) is 0 Å². The van der Waals surface area contributed by atoms with Crippen molar-refractivity contribution >= 4 is 10.0 Å². The zero-order valence-electron chi connectivity index (χ0n) is 9.53. The maximum absolute atomic E-state index is 11.9. The van der Waals surface area contributed by atoms with Gasteiger partial charge in [0.15, 0.2) is 5.03 Å². The van der Waals surface area contributed by atoms with Crippen LogP contribution in [-0.4, -0.2) is 30.5 Å². The number of aromatic nitrogens is 2. The first kappa shape index (κ1) is 13.1. The van der Waals surface area contributed by atoms with Crippen molar-refractivity contribution in [2.75, 3.05) is 6.54 Å². The maximum Gasteiger partial charge on any atom is 0.258 e. The number of hydrogen-bond donors (Lipinski definition) is 3. The van der Waals surface area contributed by atoms with Crippen molar-refractivity contribution in [3.63, 3.8) is 0 Å². The lowest BCUT2D eigenvalue weighted by Gasteiger charge is -2.28. The molecule has 0 saturated carbocycles. The van der Waals surface area contributed by atoms with E-state index < -0.39 is 15.6 Å². The van der Waals surface area contributed by atoms with Crippen molar-refractivity contribution < 1.29 is 8.42 Å². The smallest absolute Gasteiger partial charge is 0.258 e. The lowest BCUT2D eigenvalue weighted by Crippen LogP contribution is -2.46. The summed E-state index contributed by atoms with van der Waals surface area (Å²) in [6, 6.07) is 0. The third-order valence-electron chi connectivity index (χ3n) is 2.62. The summed E-state index contributed by atoms with van der Waals surface area (Å²) >= 11 is 0. The number of aromatic amines is 1. The van der Waals surface area contributed by atoms with E-state index in [0.717, 1.165) is 0 Å². The largest absolute Gasteiger partial charge is 0.335 e. The number of imidazole rings is 1. The van der Waals surface area contributed by atoms with E-state index in [1.54, 1.807) is 0 Å². The van der Waals surface area contributed by atoms with E-state index in [9.17, 15) is 8.42 Å². The summed E-state index contributed by atoms with van der Waals surface area (Å²) in [6.07, 6.45) is 3.88. The van der Waals surface area contributed by atoms with Crippen LogP contribution in [0.4, 0.5) is 0 Å². The molecule has 0 saturated heterocycles. The number of sulfonamides is 1. The van der Waals surface area contributed by atoms with Crippen molar-refractivity contribution in [3.05, 3.63) is 12.5 Å². The molecular weight excluding hydrogens is 228 g/mol. The van der Waals surface area contributed by atoms with Gasteiger partial charge in [-0.1, -0.05) is 6.92 Å². The molecule has 0 aliphatic rings. The Morgan fingerprint density at radius 2 is 2.31 bits per heavy atom. The van der Waals surface area contributed by atoms with E-state index in [0.29, 0.717) is 19.4 Å². The van der Waals surface area contributed by atoms with E-state index in [1.807, 2.05) is 13.8 Å². The molecule has 1 atom stereocenters. The van der Waals surface area contributed by atoms with Gasteiger partial charge in [-0.2, -0.15) is 0 Å². The van der Waals surface area contributed by atoms with Gasteiger partial charge in [0.1, 0.15) is 0 Å². The number of nitrogens with zero attached hydrogens (tertiary/aromatic N) is 1. The Labute approximate surface area is 95.7 Å². The molecule has 1 unspecified atom stereocenters. The van der Waals surface area contributed by atoms with Crippen LogP contribution in [0.3, 0.4) is 0 Å². The Hall–Kier alpha value is -0.920. The van der Waals surface area contributed by atoms with Crippen molar-refractivity contribution in [2.24, 2.45) is 5.73 Å². The predicted octanol–water partition coefficient (Wildman–Crippen LogP) is 0.206. The fourth-order valence-electron chi connectivity index (χ4n) is 1.39. The Morgan fingerprint density at radius 1 is 1.62 bits per heavy atom. The predicted molar refractivity (Wildman–Crippen MR) is 61.3 cm³/mol. The van der Waals surface area contributed by atoms with Crippen molar-refractivity contribution in [3.8, 4) is 0 Å². The molecule has 0 aliphatic heterocycles. The molecule has 0 spiro atoms. The molecule has 1 heterocycles. The van der Waals surface area contributed by atoms with E-state index in [2.05, 4.69) is 14.7 Å². The molecule has 4 N–H and O–H groups in total. The van der Waals surface area contributed by atoms with Gasteiger partial charge in [-0.25, -0.2) is 18.1 Å². The molecular formula is C9H18N4O2S. The zero-order chi connectivity index (χ0) is 12.2. The second-order valence-electron chi connectivity index (χ2n) is 3.97. The molecule has 0 bridgehead atoms. The van der Waals surface area contributed by atoms with Crippen LogP contribution in [0.5, 0.6) is 0 Å². The normalized spacial score (nSPS) is 15.9. The van der Waals surface area contributed by atoms with Crippen LogP contribution in [-0.2, 0) is 10.0 Å². The second kappa shape index (κ2) is 4.94. The van der Waals surface area contributed by atoms with Gasteiger partial charge in [0.05, 0.1) is 12.5 Å². The van der Waals surface area contributed by atoms with E-state index >= 15 is 0 Å². The van der Waals surface area contributed by atoms with Gasteiger partial charge in [-0.15, -0.1) is 0 Å². The summed E-state index contributed by atoms with van der Waals surface area (Å²) in [7, 11) is -3.53. The molecule has 7 heteroatoms. The standard InChI is InChI=1S/C9H18N4O2S/c1-3-9(2,4-5-10)13-16(14,15)8-6-11-7-12-8/h6-7,13H,3-5,10H2,1-2H3,(H,11,12). The molecule has 16 heavy (non-hydrogen) atoms. The average molecular weight is 246 g/mol. The molecule has 0 radical (unpaired) electrons. The SMILES string of the molecule is CCC(C)(CCN)NS(=O)(=O)c1cnc[nH]1. The quantitative estimate of drug-likeness (QED) is 0.667. The Bertz CT molecular complexity index is 415. The van der Waals surface area contributed by atoms with Gasteiger partial charge < -0.3 is 10.7 Å². The Balaban J connectivity index is 2.87. The summed E-state index contributed by atoms with van der Waals surface area (Å²) in [4.78, 5) is 6.26. The summed E-state index contributed by atoms with van der Waals surface area (Å²) in [5.74, 6) is 0. The highest BCUT2D eigenvalue weighted by Gasteiger charge is 2.28. The van der Waals surface area contributed by atoms with Crippen LogP contribution >= 0.6 is 0 Å². The third-order valence-corrected chi connectivity index (χ3v) is 4.18. The minimum Gasteiger partial charge on any atom is -0.335 e. The summed E-state index contributed by atoms with van der Waals surface area (Å²) < 4.78 is 26.5. The Kier molecular flexibility index (Phi) is 4.06. The highest BCUT2D eigenvalue weighted by atomic mass is 32.2. The first-order chi connectivity index (χ1) is 7.43. The fraction of sp³-hybridized carbons (Fsp3) is 0.667. The minimum atomic E-state index is -3.53. The monoisotopic (exact) mass is 246 g/mol. The van der Waals surface area contributed by atoms with Gasteiger partial charge in [0.25, 0.3) is 10.0 Å². The summed E-state index contributed by atoms with van der Waals surface area (Å²) in [5, 5.41) is 0.0733. The van der Waals surface area contributed by atoms with E-state index in [1.165, 1.54) is 12.5 Å². The zero-order valence-corrected chi connectivity index (χ0v) is 10.3. The minimum absolute atomic E-state index is 0.0733. The summed E-state index contributed by atoms with van der Waals surface area (Å²) in [5.41, 5.74) is 4.96. The molecule has 0 aromatic carbocycles. The van der Waals surface area contributed by atoms with Crippen LogP contribution in [0.15, 0.2) is 17.6 Å². The van der Waals surface area contributed by atoms with E-state index in [4.69, 9.17) is 5.73 Å². The van der Waals surface area contributed by atoms with Gasteiger partial charge in [-0.3, -0.25) is 0 Å². The number of nitrogens with one attached hydrogen (secondary N) is 2. The number of rotatable bonds is 6. The van der Waals surface area contributed by atoms with Gasteiger partial charge in [0, 0.05) is 5.54 Å². The maximum atomic E-state index is 11.9. The molecule has 1 aromatic rings. The average Bonchev–Trinajstić information content (AvgIpc) is 2.70. The number of H-pyrrole nitrogens is 1. The molecule has 6 nitrogen and oxygen atoms in total. The molecule has 1 aromatic heterocycles. The molecule has 0 aliphatic carbocycles. The number of hydrogen-bond acceptors (Lipinski definition) is 4. The lowest BCUT2D eigenvalue weighted by molar-refractivity contribution is 0.378. The van der Waals surface area contributed by atoms with Crippen LogP contribution < -0.4 is 10.5 Å². The fourth-order valence-corrected chi connectivity index (χ4v) is 2.80. The van der Waals surface area contributed by atoms with Crippen LogP contribution in [0.1, 0.15) is 26.7 Å². The highest BCUT2D eigenvalue weighted by Crippen LogP contribution is 2.17. The Morgan fingerprint density at radius 3 is 2.75 bits per heavy atom. The van der Waals surface area contributed by atoms with Gasteiger partial charge >= 0.3 is 0 Å². The van der Waals surface area contributed by atoms with Gasteiger partial charge in [0.2, 0.25) is 0 Å². The van der Waals surface area contributed by atoms with Crippen molar-refractivity contribution in [1.82, 2.24) is 14.7 Å². The van der Waals surface area contributed by atoms with Crippen molar-refractivity contribution in [2.45, 2.75) is 37.3 Å². The topological polar surface area (TPSA) is 101 Å². The highest BCUT2D eigenvalue weighted by molar-refractivity contribution is 7.89. The molecule has 0 amide bonds. The van der Waals surface area contributed by atoms with Crippen molar-refractivity contribution in [1.29, 1.82) is 0 Å². The first-order valence-electron chi connectivity index (χ1n) is 5.16. The second-order valence-corrected chi connectivity index (χ2v) is 5.63.